The van der Waals surface area contributed by atoms with Crippen molar-refractivity contribution < 1.29 is 18.7 Å². The molecule has 1 heterocycles. The zero-order valence-corrected chi connectivity index (χ0v) is 18.9. The van der Waals surface area contributed by atoms with Crippen molar-refractivity contribution in [2.45, 2.75) is 6.17 Å². The lowest BCUT2D eigenvalue weighted by molar-refractivity contribution is 0.0940. The van der Waals surface area contributed by atoms with Gasteiger partial charge in [-0.2, -0.15) is 0 Å². The van der Waals surface area contributed by atoms with Crippen molar-refractivity contribution in [1.29, 1.82) is 0 Å². The van der Waals surface area contributed by atoms with Crippen LogP contribution >= 0.6 is 23.2 Å². The van der Waals surface area contributed by atoms with Gasteiger partial charge in [0, 0.05) is 10.4 Å². The number of aromatic nitrogens is 2. The standard InChI is InChI=1S/C24H18Cl2FN3O3/c1-32-21-11-14(9-10-18(21)26)19(27)13-28-23(31)22-17-7-2-3-8-20(17)29-30-24(22)33-16-6-4-5-15(25)12-16/h2-12,19H,13H2,1H3,(H,28,31)/t19-/m0/s1. The molecule has 168 valence electrons. The third-order valence-corrected chi connectivity index (χ3v) is 5.40. The molecule has 0 spiro atoms. The molecule has 1 amide bonds. The smallest absolute Gasteiger partial charge is 0.257 e. The van der Waals surface area contributed by atoms with Crippen LogP contribution in [0.2, 0.25) is 10.0 Å². The van der Waals surface area contributed by atoms with E-state index in [0.29, 0.717) is 38.0 Å². The summed E-state index contributed by atoms with van der Waals surface area (Å²) in [4.78, 5) is 13.2. The number of hydrogen-bond donors (Lipinski definition) is 1. The lowest BCUT2D eigenvalue weighted by Crippen LogP contribution is -2.28. The number of nitrogens with zero attached hydrogens (tertiary/aromatic N) is 2. The van der Waals surface area contributed by atoms with Crippen molar-refractivity contribution in [3.8, 4) is 17.4 Å². The second kappa shape index (κ2) is 10.0. The summed E-state index contributed by atoms with van der Waals surface area (Å²) in [5, 5.41) is 12.2. The predicted octanol–water partition coefficient (Wildman–Crippen LogP) is 6.18. The summed E-state index contributed by atoms with van der Waals surface area (Å²) in [7, 11) is 1.45. The minimum absolute atomic E-state index is 0.0166. The Labute approximate surface area is 199 Å². The number of carbonyl (C=O) groups excluding carboxylic acids is 1. The summed E-state index contributed by atoms with van der Waals surface area (Å²) < 4.78 is 25.8. The van der Waals surface area contributed by atoms with Crippen molar-refractivity contribution in [2.75, 3.05) is 13.7 Å². The molecular formula is C24H18Cl2FN3O3. The van der Waals surface area contributed by atoms with Gasteiger partial charge in [-0.15, -0.1) is 10.2 Å². The maximum atomic E-state index is 14.9. The highest BCUT2D eigenvalue weighted by atomic mass is 35.5. The molecule has 0 unspecified atom stereocenters. The fourth-order valence-electron chi connectivity index (χ4n) is 3.23. The number of methoxy groups -OCH3 is 1. The molecule has 0 aliphatic heterocycles. The first-order valence-corrected chi connectivity index (χ1v) is 10.7. The van der Waals surface area contributed by atoms with E-state index >= 15 is 0 Å². The maximum absolute atomic E-state index is 14.9. The van der Waals surface area contributed by atoms with Crippen molar-refractivity contribution in [3.63, 3.8) is 0 Å². The molecule has 0 bridgehead atoms. The summed E-state index contributed by atoms with van der Waals surface area (Å²) >= 11 is 12.0. The Bertz CT molecular complexity index is 1320. The van der Waals surface area contributed by atoms with Gasteiger partial charge in [0.2, 0.25) is 0 Å². The number of alkyl halides is 1. The summed E-state index contributed by atoms with van der Waals surface area (Å²) in [5.41, 5.74) is 0.964. The normalized spacial score (nSPS) is 11.8. The van der Waals surface area contributed by atoms with Gasteiger partial charge in [0.05, 0.1) is 24.2 Å². The minimum atomic E-state index is -1.49. The van der Waals surface area contributed by atoms with Gasteiger partial charge in [0.25, 0.3) is 11.8 Å². The molecule has 0 aliphatic rings. The first-order chi connectivity index (χ1) is 16.0. The maximum Gasteiger partial charge on any atom is 0.257 e. The number of ether oxygens (including phenoxy) is 2. The monoisotopic (exact) mass is 485 g/mol. The number of carbonyl (C=O) groups is 1. The molecule has 0 saturated heterocycles. The van der Waals surface area contributed by atoms with Gasteiger partial charge in [-0.05, 0) is 42.0 Å². The Kier molecular flexibility index (Phi) is 6.91. The molecule has 4 aromatic rings. The van der Waals surface area contributed by atoms with Crippen LogP contribution in [0.15, 0.2) is 66.7 Å². The van der Waals surface area contributed by atoms with Crippen LogP contribution in [0.1, 0.15) is 22.1 Å². The SMILES string of the molecule is COc1cc([C@@H](F)CNC(=O)c2c(Oc3cccc(Cl)c3)nnc3ccccc23)ccc1Cl. The summed E-state index contributed by atoms with van der Waals surface area (Å²) in [6.07, 6.45) is -1.49. The summed E-state index contributed by atoms with van der Waals surface area (Å²) in [6.45, 7) is -0.281. The fourth-order valence-corrected chi connectivity index (χ4v) is 3.60. The van der Waals surface area contributed by atoms with E-state index in [1.54, 1.807) is 60.7 Å². The number of halogens is 3. The van der Waals surface area contributed by atoms with Gasteiger partial charge in [-0.1, -0.05) is 53.5 Å². The van der Waals surface area contributed by atoms with Gasteiger partial charge < -0.3 is 14.8 Å². The minimum Gasteiger partial charge on any atom is -0.495 e. The van der Waals surface area contributed by atoms with E-state index < -0.39 is 12.1 Å². The second-order valence-electron chi connectivity index (χ2n) is 7.03. The zero-order valence-electron chi connectivity index (χ0n) is 17.4. The van der Waals surface area contributed by atoms with E-state index in [1.165, 1.54) is 13.2 Å². The Morgan fingerprint density at radius 2 is 1.88 bits per heavy atom. The molecule has 3 aromatic carbocycles. The lowest BCUT2D eigenvalue weighted by atomic mass is 10.1. The number of benzene rings is 3. The highest BCUT2D eigenvalue weighted by Crippen LogP contribution is 2.31. The molecule has 6 nitrogen and oxygen atoms in total. The third kappa shape index (κ3) is 5.16. The molecule has 0 aliphatic carbocycles. The molecule has 0 saturated carbocycles. The first-order valence-electron chi connectivity index (χ1n) is 9.91. The molecule has 1 aromatic heterocycles. The van der Waals surface area contributed by atoms with Crippen LogP contribution < -0.4 is 14.8 Å². The van der Waals surface area contributed by atoms with Crippen molar-refractivity contribution in [1.82, 2.24) is 15.5 Å². The van der Waals surface area contributed by atoms with E-state index in [2.05, 4.69) is 15.5 Å². The number of hydrogen-bond acceptors (Lipinski definition) is 5. The number of nitrogens with one attached hydrogen (secondary N) is 1. The van der Waals surface area contributed by atoms with Crippen molar-refractivity contribution in [3.05, 3.63) is 87.9 Å². The summed E-state index contributed by atoms with van der Waals surface area (Å²) in [6, 6.07) is 18.2. The topological polar surface area (TPSA) is 73.3 Å². The number of fused-ring (bicyclic) bond motifs is 1. The molecule has 0 radical (unpaired) electrons. The van der Waals surface area contributed by atoms with Crippen LogP contribution in [0.3, 0.4) is 0 Å². The van der Waals surface area contributed by atoms with Crippen LogP contribution in [0, 0.1) is 0 Å². The van der Waals surface area contributed by atoms with Crippen molar-refractivity contribution >= 4 is 40.0 Å². The van der Waals surface area contributed by atoms with Gasteiger partial charge >= 0.3 is 0 Å². The van der Waals surface area contributed by atoms with E-state index in [1.807, 2.05) is 0 Å². The van der Waals surface area contributed by atoms with Gasteiger partial charge in [0.1, 0.15) is 23.2 Å². The van der Waals surface area contributed by atoms with Gasteiger partial charge in [-0.3, -0.25) is 4.79 Å². The van der Waals surface area contributed by atoms with Gasteiger partial charge in [-0.25, -0.2) is 4.39 Å². The van der Waals surface area contributed by atoms with Crippen LogP contribution in [-0.4, -0.2) is 29.8 Å². The largest absolute Gasteiger partial charge is 0.495 e. The average molecular weight is 486 g/mol. The fraction of sp³-hybridized carbons (Fsp3) is 0.125. The van der Waals surface area contributed by atoms with Crippen LogP contribution in [0.5, 0.6) is 17.4 Å². The molecule has 9 heteroatoms. The van der Waals surface area contributed by atoms with Crippen LogP contribution in [0.4, 0.5) is 4.39 Å². The zero-order chi connectivity index (χ0) is 23.4. The van der Waals surface area contributed by atoms with Crippen LogP contribution in [-0.2, 0) is 0 Å². The van der Waals surface area contributed by atoms with Crippen LogP contribution in [0.25, 0.3) is 10.9 Å². The Morgan fingerprint density at radius 1 is 1.06 bits per heavy atom. The van der Waals surface area contributed by atoms with E-state index in [9.17, 15) is 9.18 Å². The second-order valence-corrected chi connectivity index (χ2v) is 7.87. The molecule has 1 atom stereocenters. The lowest BCUT2D eigenvalue weighted by Gasteiger charge is -2.15. The van der Waals surface area contributed by atoms with Gasteiger partial charge in [0.15, 0.2) is 0 Å². The quantitative estimate of drug-likeness (QED) is 0.338. The number of amides is 1. The summed E-state index contributed by atoms with van der Waals surface area (Å²) in [5.74, 6) is 0.168. The van der Waals surface area contributed by atoms with E-state index in [4.69, 9.17) is 32.7 Å². The highest BCUT2D eigenvalue weighted by Gasteiger charge is 2.22. The first kappa shape index (κ1) is 22.8. The Hall–Kier alpha value is -3.42. The molecule has 33 heavy (non-hydrogen) atoms. The molecule has 4 rings (SSSR count). The van der Waals surface area contributed by atoms with Crippen molar-refractivity contribution in [2.24, 2.45) is 0 Å². The molecule has 1 N–H and O–H groups in total. The Morgan fingerprint density at radius 3 is 2.67 bits per heavy atom. The predicted molar refractivity (Wildman–Crippen MR) is 125 cm³/mol. The molecule has 0 fully saturated rings. The van der Waals surface area contributed by atoms with E-state index in [-0.39, 0.29) is 18.0 Å². The Balaban J connectivity index is 1.61. The average Bonchev–Trinajstić information content (AvgIpc) is 2.82. The highest BCUT2D eigenvalue weighted by molar-refractivity contribution is 6.32. The molecular weight excluding hydrogens is 468 g/mol. The number of rotatable bonds is 7. The third-order valence-electron chi connectivity index (χ3n) is 4.85. The van der Waals surface area contributed by atoms with E-state index in [0.717, 1.165) is 0 Å².